The first-order valence-electron chi connectivity index (χ1n) is 9.31. The van der Waals surface area contributed by atoms with Gasteiger partial charge in [0.2, 0.25) is 5.91 Å². The molecule has 27 heavy (non-hydrogen) atoms. The summed E-state index contributed by atoms with van der Waals surface area (Å²) in [5.74, 6) is 0.130. The number of nitrogens with zero attached hydrogens (tertiary/aromatic N) is 2. The number of aromatic nitrogens is 2. The smallest absolute Gasteiger partial charge is 0.225 e. The molecule has 0 spiro atoms. The predicted octanol–water partition coefficient (Wildman–Crippen LogP) is 3.42. The highest BCUT2D eigenvalue weighted by Gasteiger charge is 2.26. The monoisotopic (exact) mass is 394 g/mol. The van der Waals surface area contributed by atoms with E-state index in [2.05, 4.69) is 22.4 Å². The highest BCUT2D eigenvalue weighted by molar-refractivity contribution is 5.85. The van der Waals surface area contributed by atoms with Crippen LogP contribution in [0.1, 0.15) is 31.9 Å². The van der Waals surface area contributed by atoms with Gasteiger partial charge in [0.05, 0.1) is 5.69 Å². The normalized spacial score (nSPS) is 19.4. The molecule has 148 valence electrons. The maximum absolute atomic E-state index is 13.3. The molecule has 1 aliphatic rings. The van der Waals surface area contributed by atoms with Crippen molar-refractivity contribution in [3.63, 3.8) is 0 Å². The van der Waals surface area contributed by atoms with Gasteiger partial charge in [-0.15, -0.1) is 12.4 Å². The van der Waals surface area contributed by atoms with Crippen molar-refractivity contribution in [1.82, 2.24) is 20.4 Å². The van der Waals surface area contributed by atoms with Crippen LogP contribution in [0.4, 0.5) is 4.39 Å². The molecule has 1 aliphatic heterocycles. The number of piperidine rings is 1. The van der Waals surface area contributed by atoms with Crippen molar-refractivity contribution < 1.29 is 9.18 Å². The summed E-state index contributed by atoms with van der Waals surface area (Å²) in [5.41, 5.74) is 2.51. The fraction of sp³-hybridized carbons (Fsp3) is 0.500. The maximum Gasteiger partial charge on any atom is 0.225 e. The summed E-state index contributed by atoms with van der Waals surface area (Å²) in [4.78, 5) is 14.4. The molecule has 0 aliphatic carbocycles. The summed E-state index contributed by atoms with van der Waals surface area (Å²) in [5, 5.41) is 10.7. The number of H-pyrrole nitrogens is 1. The van der Waals surface area contributed by atoms with E-state index in [1.807, 2.05) is 24.1 Å². The Bertz CT molecular complexity index is 751. The Morgan fingerprint density at radius 2 is 2.19 bits per heavy atom. The third-order valence-electron chi connectivity index (χ3n) is 5.04. The van der Waals surface area contributed by atoms with Crippen LogP contribution in [-0.2, 0) is 11.2 Å². The summed E-state index contributed by atoms with van der Waals surface area (Å²) >= 11 is 0. The number of aromatic amines is 1. The van der Waals surface area contributed by atoms with Crippen LogP contribution in [-0.4, -0.2) is 47.2 Å². The summed E-state index contributed by atoms with van der Waals surface area (Å²) < 4.78 is 13.3. The second-order valence-corrected chi connectivity index (χ2v) is 7.23. The Morgan fingerprint density at radius 3 is 2.93 bits per heavy atom. The average molecular weight is 395 g/mol. The quantitative estimate of drug-likeness (QED) is 0.789. The van der Waals surface area contributed by atoms with E-state index in [1.54, 1.807) is 6.07 Å². The Balaban J connectivity index is 0.00000261. The maximum atomic E-state index is 13.3. The Kier molecular flexibility index (Phi) is 7.80. The lowest BCUT2D eigenvalue weighted by atomic mass is 9.92. The van der Waals surface area contributed by atoms with Crippen LogP contribution in [0.15, 0.2) is 30.3 Å². The van der Waals surface area contributed by atoms with Gasteiger partial charge in [0, 0.05) is 36.8 Å². The van der Waals surface area contributed by atoms with E-state index in [4.69, 9.17) is 0 Å². The Labute approximate surface area is 166 Å². The molecule has 3 rings (SSSR count). The van der Waals surface area contributed by atoms with Crippen LogP contribution in [0.5, 0.6) is 0 Å². The van der Waals surface area contributed by atoms with Gasteiger partial charge in [0.1, 0.15) is 5.82 Å². The molecule has 1 fully saturated rings. The molecule has 0 saturated carbocycles. The number of hydrogen-bond donors (Lipinski definition) is 2. The van der Waals surface area contributed by atoms with Crippen molar-refractivity contribution in [1.29, 1.82) is 0 Å². The van der Waals surface area contributed by atoms with Crippen LogP contribution in [0, 0.1) is 11.7 Å². The van der Waals surface area contributed by atoms with Gasteiger partial charge in [-0.3, -0.25) is 9.89 Å². The molecule has 1 amide bonds. The van der Waals surface area contributed by atoms with E-state index in [1.165, 1.54) is 12.1 Å². The van der Waals surface area contributed by atoms with Crippen molar-refractivity contribution in [3.05, 3.63) is 41.8 Å². The first-order valence-corrected chi connectivity index (χ1v) is 9.31. The molecule has 2 N–H and O–H groups in total. The largest absolute Gasteiger partial charge is 0.346 e. The highest BCUT2D eigenvalue weighted by Crippen LogP contribution is 2.20. The molecule has 2 aromatic rings. The lowest BCUT2D eigenvalue weighted by Crippen LogP contribution is -2.43. The molecular formula is C20H28ClFN4O. The summed E-state index contributed by atoms with van der Waals surface area (Å²) in [6.45, 7) is 3.78. The molecule has 0 radical (unpaired) electrons. The molecule has 5 nitrogen and oxygen atoms in total. The minimum Gasteiger partial charge on any atom is -0.346 e. The lowest BCUT2D eigenvalue weighted by Gasteiger charge is -2.30. The zero-order valence-corrected chi connectivity index (χ0v) is 16.7. The van der Waals surface area contributed by atoms with Crippen LogP contribution in [0.25, 0.3) is 11.3 Å². The summed E-state index contributed by atoms with van der Waals surface area (Å²) in [6, 6.07) is 8.79. The Morgan fingerprint density at radius 1 is 1.37 bits per heavy atom. The second kappa shape index (κ2) is 9.85. The van der Waals surface area contributed by atoms with Gasteiger partial charge in [-0.1, -0.05) is 12.1 Å². The van der Waals surface area contributed by atoms with E-state index < -0.39 is 0 Å². The molecular weight excluding hydrogens is 367 g/mol. The van der Waals surface area contributed by atoms with Crippen molar-refractivity contribution in [3.8, 4) is 11.3 Å². The van der Waals surface area contributed by atoms with Crippen LogP contribution in [0.2, 0.25) is 0 Å². The molecule has 2 heterocycles. The zero-order valence-electron chi connectivity index (χ0n) is 15.9. The first kappa shape index (κ1) is 21.4. The van der Waals surface area contributed by atoms with Gasteiger partial charge >= 0.3 is 0 Å². The number of carbonyl (C=O) groups excluding carboxylic acids is 1. The zero-order chi connectivity index (χ0) is 18.5. The number of hydrogen-bond acceptors (Lipinski definition) is 3. The second-order valence-electron chi connectivity index (χ2n) is 7.23. The lowest BCUT2D eigenvalue weighted by molar-refractivity contribution is -0.135. The minimum absolute atomic E-state index is 0. The molecule has 1 aromatic carbocycles. The number of nitrogens with one attached hydrogen (secondary N) is 2. The van der Waals surface area contributed by atoms with Crippen molar-refractivity contribution in [2.45, 2.75) is 38.6 Å². The number of aryl methyl sites for hydroxylation is 1. The number of rotatable bonds is 6. The third-order valence-corrected chi connectivity index (χ3v) is 5.04. The highest BCUT2D eigenvalue weighted by atomic mass is 35.5. The molecule has 0 unspecified atom stereocenters. The van der Waals surface area contributed by atoms with E-state index in [-0.39, 0.29) is 30.0 Å². The molecule has 1 saturated heterocycles. The molecule has 2 atom stereocenters. The fourth-order valence-corrected chi connectivity index (χ4v) is 3.57. The number of benzene rings is 1. The van der Waals surface area contributed by atoms with Gasteiger partial charge in [-0.05, 0) is 57.4 Å². The molecule has 1 aromatic heterocycles. The van der Waals surface area contributed by atoms with Gasteiger partial charge < -0.3 is 10.2 Å². The predicted molar refractivity (Wildman–Crippen MR) is 107 cm³/mol. The van der Waals surface area contributed by atoms with E-state index >= 15 is 0 Å². The Hall–Kier alpha value is -1.92. The van der Waals surface area contributed by atoms with Crippen molar-refractivity contribution in [2.75, 3.05) is 20.1 Å². The van der Waals surface area contributed by atoms with Gasteiger partial charge in [0.15, 0.2) is 0 Å². The van der Waals surface area contributed by atoms with E-state index in [9.17, 15) is 9.18 Å². The fourth-order valence-electron chi connectivity index (χ4n) is 3.57. The van der Waals surface area contributed by atoms with Crippen molar-refractivity contribution >= 4 is 18.3 Å². The van der Waals surface area contributed by atoms with Gasteiger partial charge in [-0.2, -0.15) is 5.10 Å². The van der Waals surface area contributed by atoms with Crippen LogP contribution >= 0.6 is 12.4 Å². The average Bonchev–Trinajstić information content (AvgIpc) is 3.10. The van der Waals surface area contributed by atoms with Gasteiger partial charge in [0.25, 0.3) is 0 Å². The van der Waals surface area contributed by atoms with Crippen LogP contribution in [0.3, 0.4) is 0 Å². The summed E-state index contributed by atoms with van der Waals surface area (Å²) in [7, 11) is 1.89. The number of halogens is 2. The first-order chi connectivity index (χ1) is 12.5. The number of carbonyl (C=O) groups is 1. The van der Waals surface area contributed by atoms with E-state index in [0.717, 1.165) is 55.7 Å². The van der Waals surface area contributed by atoms with E-state index in [0.29, 0.717) is 6.04 Å². The third kappa shape index (κ3) is 5.78. The topological polar surface area (TPSA) is 61.0 Å². The molecule has 7 heteroatoms. The number of amides is 1. The standard InChI is InChI=1S/C20H27FN4O.ClH/c1-14-11-16(8-9-22-14)20(26)25(2)10-4-7-18-13-19(24-23-18)15-5-3-6-17(21)12-15;/h3,5-6,12-14,16,22H,4,7-11H2,1-2H3,(H,23,24);1H/t14-,16-;/m0./s1. The summed E-state index contributed by atoms with van der Waals surface area (Å²) in [6.07, 6.45) is 3.52. The van der Waals surface area contributed by atoms with Crippen molar-refractivity contribution in [2.24, 2.45) is 5.92 Å². The molecule has 0 bridgehead atoms. The van der Waals surface area contributed by atoms with Crippen LogP contribution < -0.4 is 5.32 Å². The minimum atomic E-state index is -0.264. The van der Waals surface area contributed by atoms with Gasteiger partial charge in [-0.25, -0.2) is 4.39 Å². The SMILES string of the molecule is C[C@H]1C[C@@H](C(=O)N(C)CCCc2cc(-c3cccc(F)c3)n[nH]2)CCN1.Cl.